The maximum atomic E-state index is 9.56. The summed E-state index contributed by atoms with van der Waals surface area (Å²) in [5.41, 5.74) is 0. The highest BCUT2D eigenvalue weighted by molar-refractivity contribution is 4.68. The number of aliphatic hydroxyl groups excluding tert-OH is 8. The highest BCUT2D eigenvalue weighted by Crippen LogP contribution is 2.14. The molecule has 196 valence electrons. The van der Waals surface area contributed by atoms with Crippen LogP contribution in [0.1, 0.15) is 105 Å². The summed E-state index contributed by atoms with van der Waals surface area (Å²) in [5, 5.41) is 75.5. The minimum absolute atomic E-state index is 0.361. The molecule has 0 aliphatic carbocycles. The standard InChI is InChI=1S/2C12H26O4/c2*1-3-9(13)7-11(15)5-6-12(16)8-10(14)4-2/h2*9-16H,3-8H2,1-2H3/t9-,10+,11+,12-;9-,10-,11+,12+/m.0/s1. The van der Waals surface area contributed by atoms with Gasteiger partial charge in [0.15, 0.2) is 0 Å². The topological polar surface area (TPSA) is 162 Å². The molecular weight excluding hydrogens is 416 g/mol. The Labute approximate surface area is 194 Å². The van der Waals surface area contributed by atoms with Gasteiger partial charge in [0.2, 0.25) is 0 Å². The zero-order chi connectivity index (χ0) is 25.1. The van der Waals surface area contributed by atoms with Crippen molar-refractivity contribution in [1.82, 2.24) is 0 Å². The summed E-state index contributed by atoms with van der Waals surface area (Å²) >= 11 is 0. The van der Waals surface area contributed by atoms with E-state index in [-0.39, 0.29) is 0 Å². The molecule has 0 aliphatic rings. The molecule has 0 unspecified atom stereocenters. The van der Waals surface area contributed by atoms with E-state index in [2.05, 4.69) is 0 Å². The Morgan fingerprint density at radius 1 is 0.312 bits per heavy atom. The third-order valence-corrected chi connectivity index (χ3v) is 5.73. The smallest absolute Gasteiger partial charge is 0.0565 e. The van der Waals surface area contributed by atoms with Crippen molar-refractivity contribution in [2.24, 2.45) is 0 Å². The molecule has 0 aliphatic heterocycles. The molecule has 0 bridgehead atoms. The molecule has 8 nitrogen and oxygen atoms in total. The largest absolute Gasteiger partial charge is 0.393 e. The molecule has 0 heterocycles. The van der Waals surface area contributed by atoms with E-state index in [1.165, 1.54) is 0 Å². The second-order valence-corrected chi connectivity index (χ2v) is 8.96. The quantitative estimate of drug-likeness (QED) is 0.150. The first-order valence-electron chi connectivity index (χ1n) is 12.4. The Hall–Kier alpha value is -0.320. The molecule has 32 heavy (non-hydrogen) atoms. The molecular formula is C24H52O8. The average Bonchev–Trinajstić information content (AvgIpc) is 2.76. The number of rotatable bonds is 18. The Bertz CT molecular complexity index is 326. The molecule has 0 aromatic rings. The molecule has 8 atom stereocenters. The highest BCUT2D eigenvalue weighted by atomic mass is 16.3. The Kier molecular flexibility index (Phi) is 22.5. The van der Waals surface area contributed by atoms with Crippen molar-refractivity contribution < 1.29 is 40.9 Å². The molecule has 0 fully saturated rings. The number of aliphatic hydroxyl groups is 8. The van der Waals surface area contributed by atoms with E-state index in [4.69, 9.17) is 0 Å². The predicted molar refractivity (Wildman–Crippen MR) is 126 cm³/mol. The van der Waals surface area contributed by atoms with Gasteiger partial charge in [-0.3, -0.25) is 0 Å². The molecule has 0 spiro atoms. The Morgan fingerprint density at radius 3 is 0.594 bits per heavy atom. The van der Waals surface area contributed by atoms with E-state index >= 15 is 0 Å². The fourth-order valence-corrected chi connectivity index (χ4v) is 3.16. The molecule has 0 amide bonds. The van der Waals surface area contributed by atoms with Crippen molar-refractivity contribution in [1.29, 1.82) is 0 Å². The number of hydrogen-bond donors (Lipinski definition) is 8. The molecule has 0 rings (SSSR count). The van der Waals surface area contributed by atoms with Gasteiger partial charge in [-0.1, -0.05) is 27.7 Å². The summed E-state index contributed by atoms with van der Waals surface area (Å²) in [6, 6.07) is 0. The molecule has 0 aromatic carbocycles. The van der Waals surface area contributed by atoms with Gasteiger partial charge >= 0.3 is 0 Å². The second kappa shape index (κ2) is 21.2. The lowest BCUT2D eigenvalue weighted by Crippen LogP contribution is -2.21. The van der Waals surface area contributed by atoms with Crippen LogP contribution in [0.15, 0.2) is 0 Å². The van der Waals surface area contributed by atoms with Crippen LogP contribution in [0.4, 0.5) is 0 Å². The van der Waals surface area contributed by atoms with Crippen LogP contribution >= 0.6 is 0 Å². The first-order valence-corrected chi connectivity index (χ1v) is 12.4. The molecule has 8 N–H and O–H groups in total. The molecule has 8 heteroatoms. The first kappa shape index (κ1) is 33.9. The van der Waals surface area contributed by atoms with Gasteiger partial charge in [0.1, 0.15) is 0 Å². The summed E-state index contributed by atoms with van der Waals surface area (Å²) in [7, 11) is 0. The lowest BCUT2D eigenvalue weighted by atomic mass is 10.0. The van der Waals surface area contributed by atoms with Crippen LogP contribution in [-0.2, 0) is 0 Å². The van der Waals surface area contributed by atoms with Gasteiger partial charge in [0.05, 0.1) is 48.8 Å². The maximum Gasteiger partial charge on any atom is 0.0565 e. The SMILES string of the molecule is CC[C@@H](O)C[C@@H](O)CC[C@@H](O)C[C@@H](O)CC.CC[C@H](O)C[C@H](O)CC[C@@H](O)C[C@@H](O)CC. The monoisotopic (exact) mass is 468 g/mol. The lowest BCUT2D eigenvalue weighted by molar-refractivity contribution is 0.0426. The van der Waals surface area contributed by atoms with E-state index in [9.17, 15) is 40.9 Å². The molecule has 0 saturated heterocycles. The van der Waals surface area contributed by atoms with Crippen LogP contribution in [-0.4, -0.2) is 89.7 Å². The first-order chi connectivity index (χ1) is 15.0. The zero-order valence-electron chi connectivity index (χ0n) is 20.7. The van der Waals surface area contributed by atoms with Gasteiger partial charge in [-0.2, -0.15) is 0 Å². The van der Waals surface area contributed by atoms with E-state index in [0.717, 1.165) is 0 Å². The van der Waals surface area contributed by atoms with Gasteiger partial charge < -0.3 is 40.9 Å². The van der Waals surface area contributed by atoms with E-state index in [1.54, 1.807) is 0 Å². The normalized spacial score (nSPS) is 19.1. The fraction of sp³-hybridized carbons (Fsp3) is 1.00. The van der Waals surface area contributed by atoms with Crippen molar-refractivity contribution in [3.8, 4) is 0 Å². The summed E-state index contributed by atoms with van der Waals surface area (Å²) < 4.78 is 0. The third kappa shape index (κ3) is 21.5. The van der Waals surface area contributed by atoms with Crippen LogP contribution in [0.25, 0.3) is 0 Å². The van der Waals surface area contributed by atoms with Crippen molar-refractivity contribution in [3.05, 3.63) is 0 Å². The van der Waals surface area contributed by atoms with Crippen molar-refractivity contribution in [2.75, 3.05) is 0 Å². The van der Waals surface area contributed by atoms with Gasteiger partial charge in [-0.25, -0.2) is 0 Å². The van der Waals surface area contributed by atoms with Crippen LogP contribution in [0, 0.1) is 0 Å². The van der Waals surface area contributed by atoms with Crippen LogP contribution in [0.5, 0.6) is 0 Å². The summed E-state index contributed by atoms with van der Waals surface area (Å²) in [6.07, 6.45) is 1.72. The lowest BCUT2D eigenvalue weighted by Gasteiger charge is -2.18. The molecule has 0 saturated carbocycles. The van der Waals surface area contributed by atoms with Crippen LogP contribution < -0.4 is 0 Å². The zero-order valence-corrected chi connectivity index (χ0v) is 20.7. The van der Waals surface area contributed by atoms with E-state index < -0.39 is 48.8 Å². The highest BCUT2D eigenvalue weighted by Gasteiger charge is 2.16. The van der Waals surface area contributed by atoms with Crippen LogP contribution in [0.3, 0.4) is 0 Å². The van der Waals surface area contributed by atoms with Crippen molar-refractivity contribution in [2.45, 2.75) is 154 Å². The maximum absolute atomic E-state index is 9.56. The van der Waals surface area contributed by atoms with Gasteiger partial charge in [0, 0.05) is 0 Å². The van der Waals surface area contributed by atoms with Gasteiger partial charge in [-0.05, 0) is 77.0 Å². The van der Waals surface area contributed by atoms with Crippen molar-refractivity contribution in [3.63, 3.8) is 0 Å². The predicted octanol–water partition coefficient (Wildman–Crippen LogP) is 1.62. The Balaban J connectivity index is 0. The van der Waals surface area contributed by atoms with Gasteiger partial charge in [-0.15, -0.1) is 0 Å². The van der Waals surface area contributed by atoms with Gasteiger partial charge in [0.25, 0.3) is 0 Å². The van der Waals surface area contributed by atoms with Crippen molar-refractivity contribution >= 4 is 0 Å². The average molecular weight is 469 g/mol. The van der Waals surface area contributed by atoms with Crippen LogP contribution in [0.2, 0.25) is 0 Å². The minimum Gasteiger partial charge on any atom is -0.393 e. The number of hydrogen-bond acceptors (Lipinski definition) is 8. The van der Waals surface area contributed by atoms with E-state index in [1.807, 2.05) is 27.7 Å². The molecule has 0 aromatic heterocycles. The minimum atomic E-state index is -0.566. The Morgan fingerprint density at radius 2 is 0.469 bits per heavy atom. The fourth-order valence-electron chi connectivity index (χ4n) is 3.16. The summed E-state index contributed by atoms with van der Waals surface area (Å²) in [5.74, 6) is 0. The third-order valence-electron chi connectivity index (χ3n) is 5.73. The summed E-state index contributed by atoms with van der Waals surface area (Å²) in [6.45, 7) is 7.46. The summed E-state index contributed by atoms with van der Waals surface area (Å²) in [4.78, 5) is 0. The molecule has 0 radical (unpaired) electrons. The van der Waals surface area contributed by atoms with E-state index in [0.29, 0.717) is 77.0 Å². The second-order valence-electron chi connectivity index (χ2n) is 8.96.